The highest BCUT2D eigenvalue weighted by atomic mass is 15.2. The van der Waals surface area contributed by atoms with Gasteiger partial charge in [-0.25, -0.2) is 9.98 Å². The molecule has 224 valence electrons. The molecule has 0 unspecified atom stereocenters. The average molecular weight is 585 g/mol. The summed E-state index contributed by atoms with van der Waals surface area (Å²) in [7, 11) is 0. The zero-order valence-electron chi connectivity index (χ0n) is 25.9. The third-order valence-corrected chi connectivity index (χ3v) is 7.62. The quantitative estimate of drug-likeness (QED) is 0.341. The molecule has 0 aliphatic carbocycles. The second-order valence-electron chi connectivity index (χ2n) is 10.8. The van der Waals surface area contributed by atoms with Crippen molar-refractivity contribution in [3.05, 3.63) is 131 Å². The van der Waals surface area contributed by atoms with Gasteiger partial charge in [0.25, 0.3) is 0 Å². The molecule has 6 aliphatic rings. The summed E-state index contributed by atoms with van der Waals surface area (Å²) in [5, 5.41) is 6.25. The lowest BCUT2D eigenvalue weighted by Crippen LogP contribution is -2.31. The molecule has 0 aromatic heterocycles. The highest BCUT2D eigenvalue weighted by molar-refractivity contribution is 6.00. The van der Waals surface area contributed by atoms with E-state index >= 15 is 0 Å². The second kappa shape index (κ2) is 14.8. The number of nitrogens with zero attached hydrogens (tertiary/aromatic N) is 6. The van der Waals surface area contributed by atoms with Crippen molar-refractivity contribution in [2.45, 2.75) is 40.8 Å². The summed E-state index contributed by atoms with van der Waals surface area (Å²) in [6.07, 6.45) is 23.7. The summed E-state index contributed by atoms with van der Waals surface area (Å²) >= 11 is 0. The molecule has 0 saturated carbocycles. The molecule has 2 N–H and O–H groups in total. The predicted molar refractivity (Wildman–Crippen MR) is 186 cm³/mol. The number of para-hydroxylation sites is 1. The summed E-state index contributed by atoms with van der Waals surface area (Å²) < 4.78 is 0. The van der Waals surface area contributed by atoms with Crippen molar-refractivity contribution in [1.82, 2.24) is 9.80 Å². The fourth-order valence-corrected chi connectivity index (χ4v) is 5.16. The fourth-order valence-electron chi connectivity index (χ4n) is 5.16. The first kappa shape index (κ1) is 30.2. The van der Waals surface area contributed by atoms with Gasteiger partial charge < -0.3 is 20.4 Å². The lowest BCUT2D eigenvalue weighted by Gasteiger charge is -2.27. The van der Waals surface area contributed by atoms with E-state index < -0.39 is 0 Å². The Morgan fingerprint density at radius 1 is 0.750 bits per heavy atom. The van der Waals surface area contributed by atoms with E-state index in [1.807, 2.05) is 36.7 Å². The van der Waals surface area contributed by atoms with Gasteiger partial charge in [-0.15, -0.1) is 0 Å². The van der Waals surface area contributed by atoms with Crippen LogP contribution in [0.5, 0.6) is 0 Å². The molecular weight excluding hydrogens is 544 g/mol. The SMILES string of the molecule is CC1=CC=CC2=NC=CCN12.CC1=CC=CN2CC=CN=C12.Cc1cccc2c1CN=CN2.Cc1cccc2c1NC=NC2. The second-order valence-corrected chi connectivity index (χ2v) is 10.8. The third kappa shape index (κ3) is 7.58. The maximum Gasteiger partial charge on any atom is 0.135 e. The van der Waals surface area contributed by atoms with Crippen molar-refractivity contribution in [2.24, 2.45) is 20.0 Å². The number of aliphatic imine (C=N–C) groups is 4. The van der Waals surface area contributed by atoms with E-state index in [9.17, 15) is 0 Å². The predicted octanol–water partition coefficient (Wildman–Crippen LogP) is 7.27. The number of allylic oxidation sites excluding steroid dienone is 5. The Morgan fingerprint density at radius 3 is 2.34 bits per heavy atom. The Kier molecular flexibility index (Phi) is 10.2. The number of rotatable bonds is 0. The van der Waals surface area contributed by atoms with Crippen LogP contribution in [-0.4, -0.2) is 47.2 Å². The normalized spacial score (nSPS) is 17.5. The Morgan fingerprint density at radius 2 is 1.52 bits per heavy atom. The molecule has 8 nitrogen and oxygen atoms in total. The van der Waals surface area contributed by atoms with Gasteiger partial charge in [-0.2, -0.15) is 0 Å². The first-order valence-electron chi connectivity index (χ1n) is 14.9. The standard InChI is InChI=1S/4C9H10N2/c1-8-4-2-6-11-7-3-5-10-9(8)11;1-8-4-2-5-9-10-6-3-7-11(8)9;1-7-3-2-4-9-8(7)5-10-6-11-9;1-7-3-2-4-8-5-10-6-11-9(7)8/h2*2-6H,7H2,1H3;2*2-4,6H,5H2,1H3,(H,10,11). The summed E-state index contributed by atoms with van der Waals surface area (Å²) in [6, 6.07) is 12.5. The molecule has 0 bridgehead atoms. The van der Waals surface area contributed by atoms with E-state index in [4.69, 9.17) is 0 Å². The van der Waals surface area contributed by atoms with E-state index in [1.54, 1.807) is 12.7 Å². The average Bonchev–Trinajstić information content (AvgIpc) is 3.07. The van der Waals surface area contributed by atoms with Crippen LogP contribution in [0, 0.1) is 13.8 Å². The van der Waals surface area contributed by atoms with Crippen molar-refractivity contribution < 1.29 is 0 Å². The summed E-state index contributed by atoms with van der Waals surface area (Å²) in [5.74, 6) is 2.13. The van der Waals surface area contributed by atoms with E-state index in [0.29, 0.717) is 0 Å². The molecule has 0 fully saturated rings. The molecule has 0 atom stereocenters. The molecule has 6 aliphatic heterocycles. The van der Waals surface area contributed by atoms with E-state index in [0.717, 1.165) is 37.9 Å². The number of hydrogen-bond donors (Lipinski definition) is 2. The molecule has 6 heterocycles. The Balaban J connectivity index is 0.000000116. The van der Waals surface area contributed by atoms with Crippen molar-refractivity contribution in [3.63, 3.8) is 0 Å². The smallest absolute Gasteiger partial charge is 0.135 e. The van der Waals surface area contributed by atoms with E-state index in [2.05, 4.69) is 129 Å². The Bertz CT molecular complexity index is 1600. The highest BCUT2D eigenvalue weighted by Crippen LogP contribution is 2.23. The topological polar surface area (TPSA) is 80.0 Å². The maximum atomic E-state index is 4.27. The van der Waals surface area contributed by atoms with E-state index in [-0.39, 0.29) is 0 Å². The minimum atomic E-state index is 0.810. The number of nitrogens with one attached hydrogen (secondary N) is 2. The van der Waals surface area contributed by atoms with Crippen LogP contribution >= 0.6 is 0 Å². The van der Waals surface area contributed by atoms with Crippen LogP contribution in [0.2, 0.25) is 0 Å². The first-order valence-corrected chi connectivity index (χ1v) is 14.9. The van der Waals surface area contributed by atoms with Gasteiger partial charge in [0, 0.05) is 48.8 Å². The van der Waals surface area contributed by atoms with Crippen LogP contribution in [-0.2, 0) is 13.1 Å². The van der Waals surface area contributed by atoms with Crippen LogP contribution in [0.4, 0.5) is 11.4 Å². The Hall–Kier alpha value is -5.24. The number of anilines is 2. The van der Waals surface area contributed by atoms with Gasteiger partial charge in [-0.05, 0) is 92.0 Å². The fraction of sp³-hybridized carbons (Fsp3) is 0.222. The molecule has 0 amide bonds. The molecule has 8 rings (SSSR count). The van der Waals surface area contributed by atoms with Crippen LogP contribution in [0.15, 0.2) is 129 Å². The zero-order chi connectivity index (χ0) is 30.7. The monoisotopic (exact) mass is 584 g/mol. The highest BCUT2D eigenvalue weighted by Gasteiger charge is 2.14. The molecule has 8 heteroatoms. The van der Waals surface area contributed by atoms with Gasteiger partial charge in [0.05, 0.1) is 25.8 Å². The molecular formula is C36H40N8. The van der Waals surface area contributed by atoms with Crippen LogP contribution in [0.3, 0.4) is 0 Å². The first-order chi connectivity index (χ1) is 21.5. The van der Waals surface area contributed by atoms with Crippen molar-refractivity contribution >= 4 is 35.7 Å². The molecule has 2 aromatic rings. The number of amidine groups is 2. The van der Waals surface area contributed by atoms with Crippen LogP contribution in [0.25, 0.3) is 0 Å². The summed E-state index contributed by atoms with van der Waals surface area (Å²) in [4.78, 5) is 21.1. The minimum Gasteiger partial charge on any atom is -0.346 e. The minimum absolute atomic E-state index is 0.810. The van der Waals surface area contributed by atoms with Crippen LogP contribution in [0.1, 0.15) is 36.1 Å². The molecule has 0 saturated heterocycles. The van der Waals surface area contributed by atoms with Gasteiger partial charge >= 0.3 is 0 Å². The number of fused-ring (bicyclic) bond motifs is 4. The van der Waals surface area contributed by atoms with Gasteiger partial charge in [0.1, 0.15) is 11.7 Å². The van der Waals surface area contributed by atoms with Crippen molar-refractivity contribution in [1.29, 1.82) is 0 Å². The van der Waals surface area contributed by atoms with E-state index in [1.165, 1.54) is 44.9 Å². The van der Waals surface area contributed by atoms with Gasteiger partial charge in [0.2, 0.25) is 0 Å². The zero-order valence-corrected chi connectivity index (χ0v) is 25.9. The third-order valence-electron chi connectivity index (χ3n) is 7.62. The van der Waals surface area contributed by atoms with Crippen molar-refractivity contribution in [2.75, 3.05) is 23.7 Å². The number of aryl methyl sites for hydroxylation is 2. The summed E-state index contributed by atoms with van der Waals surface area (Å²) in [6.45, 7) is 11.9. The molecule has 44 heavy (non-hydrogen) atoms. The number of hydrogen-bond acceptors (Lipinski definition) is 8. The maximum absolute atomic E-state index is 4.27. The molecule has 0 spiro atoms. The van der Waals surface area contributed by atoms with Crippen LogP contribution < -0.4 is 10.6 Å². The number of benzene rings is 2. The lowest BCUT2D eigenvalue weighted by atomic mass is 10.1. The van der Waals surface area contributed by atoms with Gasteiger partial charge in [-0.1, -0.05) is 42.5 Å². The summed E-state index contributed by atoms with van der Waals surface area (Å²) in [5.41, 5.74) is 10.1. The van der Waals surface area contributed by atoms with Crippen molar-refractivity contribution in [3.8, 4) is 0 Å². The molecule has 2 aromatic carbocycles. The van der Waals surface area contributed by atoms with Gasteiger partial charge in [0.15, 0.2) is 0 Å². The van der Waals surface area contributed by atoms with Gasteiger partial charge in [-0.3, -0.25) is 9.98 Å². The lowest BCUT2D eigenvalue weighted by molar-refractivity contribution is 0.563. The molecule has 0 radical (unpaired) electrons. The Labute approximate surface area is 260 Å². The largest absolute Gasteiger partial charge is 0.346 e.